The molecule has 0 amide bonds. The summed E-state index contributed by atoms with van der Waals surface area (Å²) in [7, 11) is 0. The zero-order chi connectivity index (χ0) is 15.0. The van der Waals surface area contributed by atoms with E-state index in [1.54, 1.807) is 12.1 Å². The number of nitrogens with zero attached hydrogens (tertiary/aromatic N) is 1. The third-order valence-electron chi connectivity index (χ3n) is 3.40. The van der Waals surface area contributed by atoms with Gasteiger partial charge >= 0.3 is 0 Å². The van der Waals surface area contributed by atoms with Gasteiger partial charge < -0.3 is 10.5 Å². The number of halogens is 2. The largest absolute Gasteiger partial charge is 0.440 e. The molecule has 2 N–H and O–H groups in total. The molecule has 1 atom stereocenters. The molecule has 3 rings (SSSR count). The molecule has 0 bridgehead atoms. The van der Waals surface area contributed by atoms with Crippen LogP contribution in [0.2, 0.25) is 10.0 Å². The molecule has 1 aliphatic rings. The van der Waals surface area contributed by atoms with E-state index in [9.17, 15) is 5.26 Å². The Balaban J connectivity index is 2.25. The zero-order valence-electron chi connectivity index (χ0n) is 10.8. The van der Waals surface area contributed by atoms with Gasteiger partial charge in [0.25, 0.3) is 0 Å². The molecular formula is C16H10Cl2N2O. The molecule has 0 saturated heterocycles. The minimum absolute atomic E-state index is 0.104. The SMILES string of the molecule is N#CC1=C(N)Oc2ccccc2[C@H]1c1ccc(Cl)cc1Cl. The van der Waals surface area contributed by atoms with Crippen molar-refractivity contribution in [3.05, 3.63) is 75.1 Å². The molecule has 104 valence electrons. The van der Waals surface area contributed by atoms with Gasteiger partial charge in [0.2, 0.25) is 5.88 Å². The number of nitrogens with two attached hydrogens (primary N) is 1. The molecule has 0 fully saturated rings. The minimum atomic E-state index is -0.357. The van der Waals surface area contributed by atoms with Gasteiger partial charge in [-0.25, -0.2) is 0 Å². The maximum Gasteiger partial charge on any atom is 0.205 e. The highest BCUT2D eigenvalue weighted by Gasteiger charge is 2.31. The van der Waals surface area contributed by atoms with Crippen LogP contribution in [0, 0.1) is 11.3 Å². The Morgan fingerprint density at radius 2 is 1.86 bits per heavy atom. The van der Waals surface area contributed by atoms with E-state index < -0.39 is 0 Å². The van der Waals surface area contributed by atoms with Gasteiger partial charge in [0.15, 0.2) is 0 Å². The topological polar surface area (TPSA) is 59.0 Å². The number of benzene rings is 2. The van der Waals surface area contributed by atoms with Gasteiger partial charge in [0.05, 0.1) is 5.92 Å². The number of ether oxygens (including phenoxy) is 1. The van der Waals surface area contributed by atoms with Crippen LogP contribution in [0.4, 0.5) is 0 Å². The first kappa shape index (κ1) is 13.8. The lowest BCUT2D eigenvalue weighted by molar-refractivity contribution is 0.393. The number of fused-ring (bicyclic) bond motifs is 1. The van der Waals surface area contributed by atoms with Gasteiger partial charge in [0.1, 0.15) is 17.4 Å². The second-order valence-electron chi connectivity index (χ2n) is 4.63. The lowest BCUT2D eigenvalue weighted by Gasteiger charge is -2.26. The molecule has 0 unspecified atom stereocenters. The number of para-hydroxylation sites is 1. The van der Waals surface area contributed by atoms with Crippen LogP contribution in [0.15, 0.2) is 53.9 Å². The second kappa shape index (κ2) is 5.33. The van der Waals surface area contributed by atoms with Gasteiger partial charge in [-0.05, 0) is 23.8 Å². The van der Waals surface area contributed by atoms with Crippen LogP contribution in [0.3, 0.4) is 0 Å². The van der Waals surface area contributed by atoms with E-state index >= 15 is 0 Å². The van der Waals surface area contributed by atoms with E-state index in [-0.39, 0.29) is 11.8 Å². The first-order chi connectivity index (χ1) is 10.1. The van der Waals surface area contributed by atoms with Crippen molar-refractivity contribution in [1.29, 1.82) is 5.26 Å². The van der Waals surface area contributed by atoms with Crippen LogP contribution in [-0.2, 0) is 0 Å². The Hall–Kier alpha value is -2.15. The lowest BCUT2D eigenvalue weighted by Crippen LogP contribution is -2.21. The number of nitriles is 1. The van der Waals surface area contributed by atoms with Crippen molar-refractivity contribution in [2.75, 3.05) is 0 Å². The molecule has 0 spiro atoms. The third-order valence-corrected chi connectivity index (χ3v) is 3.96. The van der Waals surface area contributed by atoms with E-state index in [4.69, 9.17) is 33.7 Å². The molecule has 0 saturated carbocycles. The van der Waals surface area contributed by atoms with Gasteiger partial charge in [-0.15, -0.1) is 0 Å². The molecule has 2 aromatic carbocycles. The smallest absolute Gasteiger partial charge is 0.205 e. The molecule has 2 aromatic rings. The Morgan fingerprint density at radius 3 is 2.57 bits per heavy atom. The molecular weight excluding hydrogens is 307 g/mol. The van der Waals surface area contributed by atoms with E-state index in [0.717, 1.165) is 11.1 Å². The Bertz CT molecular complexity index is 793. The van der Waals surface area contributed by atoms with Crippen molar-refractivity contribution >= 4 is 23.2 Å². The summed E-state index contributed by atoms with van der Waals surface area (Å²) in [4.78, 5) is 0. The maximum absolute atomic E-state index is 9.43. The zero-order valence-corrected chi connectivity index (χ0v) is 12.3. The first-order valence-electron chi connectivity index (χ1n) is 6.23. The standard InChI is InChI=1S/C16H10Cl2N2O/c17-9-5-6-10(13(18)7-9)15-11-3-1-2-4-14(11)21-16(20)12(15)8-19/h1-7,15H,20H2/t15-/m1/s1. The van der Waals surface area contributed by atoms with E-state index in [1.807, 2.05) is 30.3 Å². The fraction of sp³-hybridized carbons (Fsp3) is 0.0625. The van der Waals surface area contributed by atoms with Crippen molar-refractivity contribution < 1.29 is 4.74 Å². The van der Waals surface area contributed by atoms with Gasteiger partial charge in [-0.2, -0.15) is 5.26 Å². The summed E-state index contributed by atoms with van der Waals surface area (Å²) in [5.41, 5.74) is 7.85. The highest BCUT2D eigenvalue weighted by Crippen LogP contribution is 2.44. The normalized spacial score (nSPS) is 16.9. The molecule has 0 aromatic heterocycles. The van der Waals surface area contributed by atoms with E-state index in [1.165, 1.54) is 0 Å². The summed E-state index contributed by atoms with van der Waals surface area (Å²) in [5, 5.41) is 10.5. The van der Waals surface area contributed by atoms with Crippen LogP contribution in [0.25, 0.3) is 0 Å². The summed E-state index contributed by atoms with van der Waals surface area (Å²) >= 11 is 12.2. The summed E-state index contributed by atoms with van der Waals surface area (Å²) in [5.74, 6) is 0.377. The molecule has 5 heteroatoms. The molecule has 0 aliphatic carbocycles. The molecule has 21 heavy (non-hydrogen) atoms. The Morgan fingerprint density at radius 1 is 1.10 bits per heavy atom. The number of hydrogen-bond donors (Lipinski definition) is 1. The molecule has 0 radical (unpaired) electrons. The van der Waals surface area contributed by atoms with Crippen molar-refractivity contribution in [2.24, 2.45) is 5.73 Å². The fourth-order valence-corrected chi connectivity index (χ4v) is 2.98. The van der Waals surface area contributed by atoms with E-state index in [2.05, 4.69) is 6.07 Å². The number of rotatable bonds is 1. The predicted octanol–water partition coefficient (Wildman–Crippen LogP) is 4.21. The summed E-state index contributed by atoms with van der Waals surface area (Å²) in [6.45, 7) is 0. The van der Waals surface area contributed by atoms with Gasteiger partial charge in [-0.1, -0.05) is 47.5 Å². The second-order valence-corrected chi connectivity index (χ2v) is 5.47. The van der Waals surface area contributed by atoms with Crippen molar-refractivity contribution in [3.63, 3.8) is 0 Å². The Kier molecular flexibility index (Phi) is 3.50. The molecule has 1 aliphatic heterocycles. The van der Waals surface area contributed by atoms with Crippen molar-refractivity contribution in [1.82, 2.24) is 0 Å². The van der Waals surface area contributed by atoms with E-state index in [0.29, 0.717) is 21.4 Å². The predicted molar refractivity (Wildman–Crippen MR) is 82.2 cm³/mol. The highest BCUT2D eigenvalue weighted by atomic mass is 35.5. The minimum Gasteiger partial charge on any atom is -0.440 e. The number of hydrogen-bond acceptors (Lipinski definition) is 3. The maximum atomic E-state index is 9.43. The average Bonchev–Trinajstić information content (AvgIpc) is 2.46. The van der Waals surface area contributed by atoms with Gasteiger partial charge in [-0.3, -0.25) is 0 Å². The number of allylic oxidation sites excluding steroid dienone is 1. The Labute approximate surface area is 132 Å². The van der Waals surface area contributed by atoms with Crippen molar-refractivity contribution in [3.8, 4) is 11.8 Å². The highest BCUT2D eigenvalue weighted by molar-refractivity contribution is 6.35. The average molecular weight is 317 g/mol. The summed E-state index contributed by atoms with van der Waals surface area (Å²) in [6.07, 6.45) is 0. The van der Waals surface area contributed by atoms with Gasteiger partial charge in [0, 0.05) is 15.6 Å². The van der Waals surface area contributed by atoms with Crippen LogP contribution >= 0.6 is 23.2 Å². The quantitative estimate of drug-likeness (QED) is 0.857. The van der Waals surface area contributed by atoms with Crippen LogP contribution in [0.1, 0.15) is 17.0 Å². The lowest BCUT2D eigenvalue weighted by atomic mass is 9.83. The monoisotopic (exact) mass is 316 g/mol. The molecule has 1 heterocycles. The first-order valence-corrected chi connectivity index (χ1v) is 6.99. The van der Waals surface area contributed by atoms with Crippen LogP contribution < -0.4 is 10.5 Å². The van der Waals surface area contributed by atoms with Crippen molar-refractivity contribution in [2.45, 2.75) is 5.92 Å². The molecule has 3 nitrogen and oxygen atoms in total. The van der Waals surface area contributed by atoms with Crippen LogP contribution in [-0.4, -0.2) is 0 Å². The van der Waals surface area contributed by atoms with Crippen LogP contribution in [0.5, 0.6) is 5.75 Å². The fourth-order valence-electron chi connectivity index (χ4n) is 2.46. The summed E-state index contributed by atoms with van der Waals surface area (Å²) < 4.78 is 5.52. The third kappa shape index (κ3) is 2.33. The summed E-state index contributed by atoms with van der Waals surface area (Å²) in [6, 6.07) is 14.8.